The first-order valence-corrected chi connectivity index (χ1v) is 3.98. The van der Waals surface area contributed by atoms with E-state index < -0.39 is 0 Å². The summed E-state index contributed by atoms with van der Waals surface area (Å²) in [4.78, 5) is 11.1. The SMILES string of the molecule is CC1=NNC(=O)Nc2ccccc21. The third-order valence-electron chi connectivity index (χ3n) is 1.89. The fraction of sp³-hybridized carbons (Fsp3) is 0.111. The van der Waals surface area contributed by atoms with E-state index in [0.29, 0.717) is 0 Å². The highest BCUT2D eigenvalue weighted by molar-refractivity contribution is 6.08. The molecule has 66 valence electrons. The molecule has 4 nitrogen and oxygen atoms in total. The monoisotopic (exact) mass is 175 g/mol. The van der Waals surface area contributed by atoms with E-state index >= 15 is 0 Å². The van der Waals surface area contributed by atoms with E-state index in [0.717, 1.165) is 17.0 Å². The molecular formula is C9H9N3O. The zero-order valence-corrected chi connectivity index (χ0v) is 7.16. The Morgan fingerprint density at radius 1 is 1.31 bits per heavy atom. The van der Waals surface area contributed by atoms with Gasteiger partial charge in [0, 0.05) is 5.56 Å². The van der Waals surface area contributed by atoms with Crippen LogP contribution in [0.1, 0.15) is 12.5 Å². The largest absolute Gasteiger partial charge is 0.339 e. The number of urea groups is 1. The van der Waals surface area contributed by atoms with E-state index in [4.69, 9.17) is 0 Å². The molecule has 1 heterocycles. The van der Waals surface area contributed by atoms with Crippen LogP contribution in [0.3, 0.4) is 0 Å². The lowest BCUT2D eigenvalue weighted by atomic mass is 10.1. The molecule has 0 bridgehead atoms. The van der Waals surface area contributed by atoms with E-state index in [2.05, 4.69) is 15.8 Å². The van der Waals surface area contributed by atoms with E-state index in [9.17, 15) is 4.79 Å². The molecule has 0 aliphatic carbocycles. The predicted molar refractivity (Wildman–Crippen MR) is 50.8 cm³/mol. The molecule has 0 saturated carbocycles. The van der Waals surface area contributed by atoms with Crippen molar-refractivity contribution in [1.82, 2.24) is 5.43 Å². The Hall–Kier alpha value is -1.84. The van der Waals surface area contributed by atoms with E-state index in [-0.39, 0.29) is 6.03 Å². The fourth-order valence-corrected chi connectivity index (χ4v) is 1.25. The number of nitrogens with one attached hydrogen (secondary N) is 2. The zero-order chi connectivity index (χ0) is 9.26. The molecule has 0 fully saturated rings. The molecule has 0 atom stereocenters. The maximum atomic E-state index is 11.1. The number of para-hydroxylation sites is 1. The van der Waals surface area contributed by atoms with Crippen LogP contribution in [0.5, 0.6) is 0 Å². The Balaban J connectivity index is 2.55. The summed E-state index contributed by atoms with van der Waals surface area (Å²) in [7, 11) is 0. The Bertz CT molecular complexity index is 384. The van der Waals surface area contributed by atoms with Gasteiger partial charge in [-0.15, -0.1) is 0 Å². The highest BCUT2D eigenvalue weighted by Crippen LogP contribution is 2.17. The summed E-state index contributed by atoms with van der Waals surface area (Å²) in [5.74, 6) is 0. The third kappa shape index (κ3) is 1.38. The average Bonchev–Trinajstić information content (AvgIpc) is 2.27. The lowest BCUT2D eigenvalue weighted by Crippen LogP contribution is -2.22. The predicted octanol–water partition coefficient (Wildman–Crippen LogP) is 1.55. The van der Waals surface area contributed by atoms with Crippen LogP contribution in [0.15, 0.2) is 29.4 Å². The van der Waals surface area contributed by atoms with Gasteiger partial charge in [0.25, 0.3) is 0 Å². The van der Waals surface area contributed by atoms with Crippen molar-refractivity contribution < 1.29 is 4.79 Å². The number of carbonyl (C=O) groups is 1. The molecule has 1 aromatic carbocycles. The molecule has 13 heavy (non-hydrogen) atoms. The number of hydrogen-bond acceptors (Lipinski definition) is 2. The molecule has 2 rings (SSSR count). The third-order valence-corrected chi connectivity index (χ3v) is 1.89. The molecule has 2 amide bonds. The van der Waals surface area contributed by atoms with Crippen LogP contribution in [0.25, 0.3) is 0 Å². The maximum absolute atomic E-state index is 11.1. The van der Waals surface area contributed by atoms with Crippen molar-refractivity contribution in [3.05, 3.63) is 29.8 Å². The van der Waals surface area contributed by atoms with Crippen molar-refractivity contribution in [2.45, 2.75) is 6.92 Å². The first-order chi connectivity index (χ1) is 6.27. The van der Waals surface area contributed by atoms with Crippen LogP contribution in [0, 0.1) is 0 Å². The molecule has 0 radical (unpaired) electrons. The second kappa shape index (κ2) is 2.90. The van der Waals surface area contributed by atoms with Gasteiger partial charge in [0.05, 0.1) is 11.4 Å². The van der Waals surface area contributed by atoms with Gasteiger partial charge in [-0.3, -0.25) is 0 Å². The van der Waals surface area contributed by atoms with Crippen molar-refractivity contribution in [1.29, 1.82) is 0 Å². The zero-order valence-electron chi connectivity index (χ0n) is 7.16. The topological polar surface area (TPSA) is 53.5 Å². The van der Waals surface area contributed by atoms with Gasteiger partial charge in [-0.25, -0.2) is 10.2 Å². The number of carbonyl (C=O) groups excluding carboxylic acids is 1. The lowest BCUT2D eigenvalue weighted by molar-refractivity contribution is 0.252. The lowest BCUT2D eigenvalue weighted by Gasteiger charge is -2.04. The van der Waals surface area contributed by atoms with Crippen LogP contribution in [0.2, 0.25) is 0 Å². The molecule has 4 heteroatoms. The number of amides is 2. The van der Waals surface area contributed by atoms with Crippen LogP contribution in [-0.4, -0.2) is 11.7 Å². The second-order valence-electron chi connectivity index (χ2n) is 2.81. The second-order valence-corrected chi connectivity index (χ2v) is 2.81. The standard InChI is InChI=1S/C9H9N3O/c1-6-7-4-2-3-5-8(7)10-9(13)12-11-6/h2-5H,1H3,(H2,10,12,13). The number of fused-ring (bicyclic) bond motifs is 1. The van der Waals surface area contributed by atoms with Gasteiger partial charge < -0.3 is 5.32 Å². The highest BCUT2D eigenvalue weighted by atomic mass is 16.2. The quantitative estimate of drug-likeness (QED) is 0.617. The summed E-state index contributed by atoms with van der Waals surface area (Å²) in [6.45, 7) is 1.85. The Kier molecular flexibility index (Phi) is 1.73. The first-order valence-electron chi connectivity index (χ1n) is 3.98. The number of rotatable bonds is 0. The Morgan fingerprint density at radius 3 is 2.92 bits per heavy atom. The molecular weight excluding hydrogens is 166 g/mol. The molecule has 0 unspecified atom stereocenters. The van der Waals surface area contributed by atoms with Gasteiger partial charge in [-0.2, -0.15) is 5.10 Å². The molecule has 0 spiro atoms. The van der Waals surface area contributed by atoms with Gasteiger partial charge >= 0.3 is 6.03 Å². The van der Waals surface area contributed by atoms with E-state index in [1.165, 1.54) is 0 Å². The van der Waals surface area contributed by atoms with Crippen molar-refractivity contribution in [3.8, 4) is 0 Å². The van der Waals surface area contributed by atoms with E-state index in [1.54, 1.807) is 0 Å². The number of anilines is 1. The molecule has 1 aliphatic rings. The summed E-state index contributed by atoms with van der Waals surface area (Å²) < 4.78 is 0. The smallest absolute Gasteiger partial charge is 0.306 e. The van der Waals surface area contributed by atoms with E-state index in [1.807, 2.05) is 31.2 Å². The van der Waals surface area contributed by atoms with Gasteiger partial charge in [-0.05, 0) is 13.0 Å². The summed E-state index contributed by atoms with van der Waals surface area (Å²) in [6.07, 6.45) is 0. The van der Waals surface area contributed by atoms with Gasteiger partial charge in [0.15, 0.2) is 0 Å². The Morgan fingerprint density at radius 2 is 2.08 bits per heavy atom. The van der Waals surface area contributed by atoms with Gasteiger partial charge in [0.2, 0.25) is 0 Å². The van der Waals surface area contributed by atoms with Gasteiger partial charge in [0.1, 0.15) is 0 Å². The number of nitrogens with zero attached hydrogens (tertiary/aromatic N) is 1. The first kappa shape index (κ1) is 7.79. The number of hydrazone groups is 1. The van der Waals surface area contributed by atoms with Crippen LogP contribution in [0.4, 0.5) is 10.5 Å². The molecule has 2 N–H and O–H groups in total. The minimum Gasteiger partial charge on any atom is -0.306 e. The normalized spacial score (nSPS) is 14.8. The van der Waals surface area contributed by atoms with Crippen molar-refractivity contribution in [2.24, 2.45) is 5.10 Å². The van der Waals surface area contributed by atoms with Crippen LogP contribution < -0.4 is 10.7 Å². The molecule has 1 aliphatic heterocycles. The Labute approximate surface area is 75.6 Å². The molecule has 0 aromatic heterocycles. The van der Waals surface area contributed by atoms with Crippen molar-refractivity contribution >= 4 is 17.4 Å². The number of hydrogen-bond donors (Lipinski definition) is 2. The summed E-state index contributed by atoms with van der Waals surface area (Å²) in [5, 5.41) is 6.59. The number of benzene rings is 1. The van der Waals surface area contributed by atoms with Crippen molar-refractivity contribution in [3.63, 3.8) is 0 Å². The maximum Gasteiger partial charge on any atom is 0.339 e. The van der Waals surface area contributed by atoms with Crippen molar-refractivity contribution in [2.75, 3.05) is 5.32 Å². The van der Waals surface area contributed by atoms with Crippen LogP contribution in [-0.2, 0) is 0 Å². The van der Waals surface area contributed by atoms with Crippen LogP contribution >= 0.6 is 0 Å². The highest BCUT2D eigenvalue weighted by Gasteiger charge is 2.11. The molecule has 1 aromatic rings. The molecule has 0 saturated heterocycles. The summed E-state index contributed by atoms with van der Waals surface area (Å²) >= 11 is 0. The fourth-order valence-electron chi connectivity index (χ4n) is 1.25. The summed E-state index contributed by atoms with van der Waals surface area (Å²) in [6, 6.07) is 7.25. The average molecular weight is 175 g/mol. The minimum atomic E-state index is -0.302. The van der Waals surface area contributed by atoms with Gasteiger partial charge in [-0.1, -0.05) is 18.2 Å². The summed E-state index contributed by atoms with van der Waals surface area (Å²) in [5.41, 5.74) is 4.91. The minimum absolute atomic E-state index is 0.302.